The summed E-state index contributed by atoms with van der Waals surface area (Å²) in [7, 11) is 1.61. The number of carbonyl (C=O) groups excluding carboxylic acids is 2. The van der Waals surface area contributed by atoms with E-state index in [2.05, 4.69) is 0 Å². The monoisotopic (exact) mass is 520 g/mol. The Labute approximate surface area is 227 Å². The van der Waals surface area contributed by atoms with Crippen LogP contribution in [0.2, 0.25) is 0 Å². The van der Waals surface area contributed by atoms with Gasteiger partial charge in [0.2, 0.25) is 5.91 Å². The molecule has 2 heterocycles. The van der Waals surface area contributed by atoms with Gasteiger partial charge in [-0.1, -0.05) is 60.7 Å². The molecule has 0 radical (unpaired) electrons. The van der Waals surface area contributed by atoms with Gasteiger partial charge in [0.1, 0.15) is 23.0 Å². The standard InChI is InChI=1S/C32H28N2O5/c1-3-38-27-20-16-24(17-21-27)33-30(35)29-32(31(33)36,23-10-6-4-7-11-23)28(22-14-18-26(37-2)19-15-22)34(39-29)25-12-8-5-9-13-25/h4-21,28-29H,3H2,1-2H3/t28-,29+,32+/m1/s1. The maximum absolute atomic E-state index is 14.8. The van der Waals surface area contributed by atoms with Crippen LogP contribution < -0.4 is 19.4 Å². The number of nitrogens with zero attached hydrogens (tertiary/aromatic N) is 2. The Bertz CT molecular complexity index is 1480. The molecule has 7 nitrogen and oxygen atoms in total. The predicted molar refractivity (Wildman–Crippen MR) is 148 cm³/mol. The molecule has 7 heteroatoms. The SMILES string of the molecule is CCOc1ccc(N2C(=O)[C@@H]3ON(c4ccccc4)[C@H](c4ccc(OC)cc4)[C@]3(c3ccccc3)C2=O)cc1. The van der Waals surface area contributed by atoms with E-state index in [1.54, 1.807) is 36.4 Å². The van der Waals surface area contributed by atoms with E-state index in [4.69, 9.17) is 14.3 Å². The molecule has 196 valence electrons. The smallest absolute Gasteiger partial charge is 0.267 e. The minimum absolute atomic E-state index is 0.341. The molecule has 39 heavy (non-hydrogen) atoms. The van der Waals surface area contributed by atoms with Crippen molar-refractivity contribution >= 4 is 23.2 Å². The molecule has 0 spiro atoms. The molecule has 0 unspecified atom stereocenters. The van der Waals surface area contributed by atoms with Crippen LogP contribution >= 0.6 is 0 Å². The third-order valence-corrected chi connectivity index (χ3v) is 7.40. The molecule has 0 saturated carbocycles. The number of carbonyl (C=O) groups is 2. The number of hydrogen-bond acceptors (Lipinski definition) is 6. The zero-order chi connectivity index (χ0) is 27.0. The van der Waals surface area contributed by atoms with Crippen LogP contribution in [0.1, 0.15) is 24.1 Å². The van der Waals surface area contributed by atoms with E-state index in [1.165, 1.54) is 4.90 Å². The summed E-state index contributed by atoms with van der Waals surface area (Å²) < 4.78 is 11.0. The van der Waals surface area contributed by atoms with Gasteiger partial charge < -0.3 is 9.47 Å². The first-order chi connectivity index (χ1) is 19.1. The van der Waals surface area contributed by atoms with E-state index in [9.17, 15) is 9.59 Å². The van der Waals surface area contributed by atoms with Gasteiger partial charge in [0.25, 0.3) is 5.91 Å². The number of para-hydroxylation sites is 1. The molecule has 4 aromatic carbocycles. The summed E-state index contributed by atoms with van der Waals surface area (Å²) in [6, 6.07) is 32.9. The van der Waals surface area contributed by atoms with Gasteiger partial charge in [-0.05, 0) is 66.6 Å². The molecule has 6 rings (SSSR count). The van der Waals surface area contributed by atoms with Gasteiger partial charge in [-0.3, -0.25) is 14.4 Å². The zero-order valence-electron chi connectivity index (χ0n) is 21.7. The summed E-state index contributed by atoms with van der Waals surface area (Å²) >= 11 is 0. The summed E-state index contributed by atoms with van der Waals surface area (Å²) in [5.41, 5.74) is 1.40. The highest BCUT2D eigenvalue weighted by Gasteiger charge is 2.72. The largest absolute Gasteiger partial charge is 0.497 e. The quantitative estimate of drug-likeness (QED) is 0.301. The summed E-state index contributed by atoms with van der Waals surface area (Å²) in [5.74, 6) is 0.608. The first-order valence-electron chi connectivity index (χ1n) is 12.9. The van der Waals surface area contributed by atoms with Crippen molar-refractivity contribution in [1.82, 2.24) is 0 Å². The molecule has 2 amide bonds. The second-order valence-electron chi connectivity index (χ2n) is 9.46. The normalized spacial score (nSPS) is 22.2. The number of fused-ring (bicyclic) bond motifs is 1. The summed E-state index contributed by atoms with van der Waals surface area (Å²) in [5, 5.41) is 1.71. The average molecular weight is 521 g/mol. The Kier molecular flexibility index (Phi) is 6.29. The first kappa shape index (κ1) is 24.7. The fourth-order valence-electron chi connectivity index (χ4n) is 5.68. The van der Waals surface area contributed by atoms with E-state index in [0.717, 1.165) is 11.3 Å². The van der Waals surface area contributed by atoms with Gasteiger partial charge in [-0.2, -0.15) is 0 Å². The van der Waals surface area contributed by atoms with Crippen molar-refractivity contribution in [3.8, 4) is 11.5 Å². The van der Waals surface area contributed by atoms with Gasteiger partial charge >= 0.3 is 0 Å². The second-order valence-corrected chi connectivity index (χ2v) is 9.46. The molecule has 0 bridgehead atoms. The van der Waals surface area contributed by atoms with Crippen molar-refractivity contribution in [2.45, 2.75) is 24.5 Å². The number of benzene rings is 4. The van der Waals surface area contributed by atoms with Gasteiger partial charge in [-0.15, -0.1) is 0 Å². The number of amides is 2. The van der Waals surface area contributed by atoms with Crippen molar-refractivity contribution < 1.29 is 23.9 Å². The zero-order valence-corrected chi connectivity index (χ0v) is 21.7. The number of anilines is 2. The van der Waals surface area contributed by atoms with Crippen LogP contribution in [0.3, 0.4) is 0 Å². The van der Waals surface area contributed by atoms with Gasteiger partial charge in [0, 0.05) is 0 Å². The third-order valence-electron chi connectivity index (χ3n) is 7.40. The lowest BCUT2D eigenvalue weighted by Crippen LogP contribution is -2.46. The molecule has 2 saturated heterocycles. The highest BCUT2D eigenvalue weighted by Crippen LogP contribution is 2.57. The van der Waals surface area contributed by atoms with Crippen molar-refractivity contribution in [3.63, 3.8) is 0 Å². The van der Waals surface area contributed by atoms with Crippen LogP contribution in [0, 0.1) is 0 Å². The molecule has 2 fully saturated rings. The molecule has 0 N–H and O–H groups in total. The van der Waals surface area contributed by atoms with Crippen LogP contribution in [-0.4, -0.2) is 31.6 Å². The average Bonchev–Trinajstić information content (AvgIpc) is 3.46. The summed E-state index contributed by atoms with van der Waals surface area (Å²) in [6.07, 6.45) is -1.08. The molecular formula is C32H28N2O5. The first-order valence-corrected chi connectivity index (χ1v) is 12.9. The Morgan fingerprint density at radius 2 is 1.38 bits per heavy atom. The molecular weight excluding hydrogens is 492 g/mol. The van der Waals surface area contributed by atoms with Crippen LogP contribution in [-0.2, 0) is 19.8 Å². The summed E-state index contributed by atoms with van der Waals surface area (Å²) in [4.78, 5) is 36.7. The van der Waals surface area contributed by atoms with Crippen molar-refractivity contribution in [3.05, 3.63) is 120 Å². The van der Waals surface area contributed by atoms with E-state index >= 15 is 0 Å². The van der Waals surface area contributed by atoms with E-state index in [0.29, 0.717) is 29.4 Å². The van der Waals surface area contributed by atoms with E-state index in [1.807, 2.05) is 91.9 Å². The van der Waals surface area contributed by atoms with Gasteiger partial charge in [0.15, 0.2) is 6.10 Å². The number of hydrogen-bond donors (Lipinski definition) is 0. The van der Waals surface area contributed by atoms with Crippen LogP contribution in [0.25, 0.3) is 0 Å². The Hall–Kier alpha value is -4.62. The highest BCUT2D eigenvalue weighted by molar-refractivity contribution is 6.28. The number of rotatable bonds is 7. The minimum Gasteiger partial charge on any atom is -0.497 e. The molecule has 0 aromatic heterocycles. The van der Waals surface area contributed by atoms with Gasteiger partial charge in [-0.25, -0.2) is 9.96 Å². The minimum atomic E-state index is -1.35. The second kappa shape index (κ2) is 9.93. The topological polar surface area (TPSA) is 68.3 Å². The Morgan fingerprint density at radius 1 is 0.769 bits per heavy atom. The molecule has 4 aromatic rings. The molecule has 2 aliphatic rings. The van der Waals surface area contributed by atoms with E-state index < -0.39 is 23.5 Å². The maximum atomic E-state index is 14.8. The fourth-order valence-corrected chi connectivity index (χ4v) is 5.68. The van der Waals surface area contributed by atoms with Crippen molar-refractivity contribution in [2.24, 2.45) is 0 Å². The van der Waals surface area contributed by atoms with Crippen molar-refractivity contribution in [1.29, 1.82) is 0 Å². The molecule has 3 atom stereocenters. The lowest BCUT2D eigenvalue weighted by atomic mass is 9.69. The number of ether oxygens (including phenoxy) is 2. The van der Waals surface area contributed by atoms with E-state index in [-0.39, 0.29) is 5.91 Å². The summed E-state index contributed by atoms with van der Waals surface area (Å²) in [6.45, 7) is 2.42. The third kappa shape index (κ3) is 3.85. The van der Waals surface area contributed by atoms with Gasteiger partial charge in [0.05, 0.1) is 25.1 Å². The predicted octanol–water partition coefficient (Wildman–Crippen LogP) is 5.47. The van der Waals surface area contributed by atoms with Crippen LogP contribution in [0.5, 0.6) is 11.5 Å². The molecule has 2 aliphatic heterocycles. The highest BCUT2D eigenvalue weighted by atomic mass is 16.7. The van der Waals surface area contributed by atoms with Crippen LogP contribution in [0.4, 0.5) is 11.4 Å². The molecule has 0 aliphatic carbocycles. The maximum Gasteiger partial charge on any atom is 0.267 e. The lowest BCUT2D eigenvalue weighted by molar-refractivity contribution is -0.126. The van der Waals surface area contributed by atoms with Crippen LogP contribution in [0.15, 0.2) is 109 Å². The Morgan fingerprint density at radius 3 is 2.00 bits per heavy atom. The fraction of sp³-hybridized carbons (Fsp3) is 0.188. The Balaban J connectivity index is 1.56. The number of methoxy groups -OCH3 is 1. The number of imide groups is 1. The lowest BCUT2D eigenvalue weighted by Gasteiger charge is -2.35. The van der Waals surface area contributed by atoms with Crippen molar-refractivity contribution in [2.75, 3.05) is 23.7 Å². The number of hydroxylamine groups is 1.